The van der Waals surface area contributed by atoms with E-state index in [0.29, 0.717) is 0 Å². The van der Waals surface area contributed by atoms with Crippen LogP contribution in [0.15, 0.2) is 66.0 Å². The van der Waals surface area contributed by atoms with E-state index < -0.39 is 0 Å². The second-order valence-electron chi connectivity index (χ2n) is 10.4. The van der Waals surface area contributed by atoms with Crippen molar-refractivity contribution in [2.45, 2.75) is 52.4 Å². The molecular weight excluding hydrogens is 414 g/mol. The van der Waals surface area contributed by atoms with Gasteiger partial charge in [0.15, 0.2) is 0 Å². The molecule has 5 rings (SSSR count). The van der Waals surface area contributed by atoms with Crippen LogP contribution in [-0.2, 0) is 10.8 Å². The summed E-state index contributed by atoms with van der Waals surface area (Å²) in [5.41, 5.74) is 5.58. The number of aromatic nitrogens is 1. The average Bonchev–Trinajstić information content (AvgIpc) is 3.43. The van der Waals surface area contributed by atoms with E-state index in [0.717, 1.165) is 0 Å². The SMILES string of the molecule is CC(C)(C)c1ccc2c(c1)c1cc(C(C)(C)C)ccc1n2-c1ccc(-c2cccs2)s1. The smallest absolute Gasteiger partial charge is 0.101 e. The summed E-state index contributed by atoms with van der Waals surface area (Å²) in [7, 11) is 0. The van der Waals surface area contributed by atoms with Gasteiger partial charge in [-0.2, -0.15) is 0 Å². The molecule has 3 heteroatoms. The molecule has 1 nitrogen and oxygen atoms in total. The maximum absolute atomic E-state index is 2.45. The van der Waals surface area contributed by atoms with Crippen molar-refractivity contribution < 1.29 is 0 Å². The molecule has 0 saturated heterocycles. The Labute approximate surface area is 193 Å². The third kappa shape index (κ3) is 3.54. The van der Waals surface area contributed by atoms with Gasteiger partial charge >= 0.3 is 0 Å². The Morgan fingerprint density at radius 2 is 1.23 bits per heavy atom. The molecule has 158 valence electrons. The maximum atomic E-state index is 2.45. The molecule has 2 aromatic carbocycles. The fourth-order valence-electron chi connectivity index (χ4n) is 4.19. The number of fused-ring (bicyclic) bond motifs is 3. The molecule has 0 atom stereocenters. The van der Waals surface area contributed by atoms with Crippen molar-refractivity contribution in [1.82, 2.24) is 4.57 Å². The molecule has 0 N–H and O–H groups in total. The van der Waals surface area contributed by atoms with Gasteiger partial charge in [0, 0.05) is 20.5 Å². The minimum atomic E-state index is 0.125. The Bertz CT molecular complexity index is 1310. The topological polar surface area (TPSA) is 4.93 Å². The summed E-state index contributed by atoms with van der Waals surface area (Å²) in [4.78, 5) is 2.67. The lowest BCUT2D eigenvalue weighted by Crippen LogP contribution is -2.10. The lowest BCUT2D eigenvalue weighted by molar-refractivity contribution is 0.590. The molecule has 0 unspecified atom stereocenters. The van der Waals surface area contributed by atoms with Gasteiger partial charge in [-0.25, -0.2) is 0 Å². The molecule has 0 bridgehead atoms. The molecule has 3 aromatic heterocycles. The number of nitrogens with zero attached hydrogens (tertiary/aromatic N) is 1. The first kappa shape index (κ1) is 20.5. The Hall–Kier alpha value is -2.36. The minimum absolute atomic E-state index is 0.125. The zero-order valence-electron chi connectivity index (χ0n) is 19.1. The lowest BCUT2D eigenvalue weighted by Gasteiger charge is -2.19. The summed E-state index contributed by atoms with van der Waals surface area (Å²) >= 11 is 3.68. The standard InChI is InChI=1S/C28H29NS2/c1-27(2,3)18-9-11-22-20(16-18)21-17-19(28(4,5)6)10-12-23(21)29(22)26-14-13-25(31-26)24-8-7-15-30-24/h7-17H,1-6H3. The predicted molar refractivity (Wildman–Crippen MR) is 139 cm³/mol. The average molecular weight is 444 g/mol. The van der Waals surface area contributed by atoms with Gasteiger partial charge in [0.1, 0.15) is 5.00 Å². The maximum Gasteiger partial charge on any atom is 0.101 e. The Kier molecular flexibility index (Phi) is 4.69. The third-order valence-corrected chi connectivity index (χ3v) is 8.21. The van der Waals surface area contributed by atoms with Crippen LogP contribution in [0.1, 0.15) is 52.7 Å². The summed E-state index contributed by atoms with van der Waals surface area (Å²) in [6, 6.07) is 22.9. The summed E-state index contributed by atoms with van der Waals surface area (Å²) in [6.45, 7) is 13.8. The zero-order chi connectivity index (χ0) is 22.0. The van der Waals surface area contributed by atoms with Crippen LogP contribution in [0.5, 0.6) is 0 Å². The van der Waals surface area contributed by atoms with E-state index in [-0.39, 0.29) is 10.8 Å². The van der Waals surface area contributed by atoms with Crippen molar-refractivity contribution >= 4 is 44.5 Å². The zero-order valence-corrected chi connectivity index (χ0v) is 20.7. The van der Waals surface area contributed by atoms with Crippen LogP contribution in [0.3, 0.4) is 0 Å². The highest BCUT2D eigenvalue weighted by molar-refractivity contribution is 7.22. The first-order chi connectivity index (χ1) is 14.6. The van der Waals surface area contributed by atoms with Gasteiger partial charge in [0.05, 0.1) is 11.0 Å². The normalized spacial score (nSPS) is 12.8. The van der Waals surface area contributed by atoms with Gasteiger partial charge in [-0.1, -0.05) is 59.7 Å². The van der Waals surface area contributed by atoms with Crippen molar-refractivity contribution in [3.8, 4) is 14.8 Å². The van der Waals surface area contributed by atoms with Crippen LogP contribution in [-0.4, -0.2) is 4.57 Å². The number of rotatable bonds is 2. The van der Waals surface area contributed by atoms with Crippen molar-refractivity contribution in [3.05, 3.63) is 77.2 Å². The lowest BCUT2D eigenvalue weighted by atomic mass is 9.85. The molecule has 5 aromatic rings. The van der Waals surface area contributed by atoms with Crippen molar-refractivity contribution in [3.63, 3.8) is 0 Å². The van der Waals surface area contributed by atoms with Crippen LogP contribution in [0.2, 0.25) is 0 Å². The summed E-state index contributed by atoms with van der Waals surface area (Å²) in [6.07, 6.45) is 0. The van der Waals surface area contributed by atoms with Gasteiger partial charge in [0.2, 0.25) is 0 Å². The van der Waals surface area contributed by atoms with Crippen LogP contribution < -0.4 is 0 Å². The van der Waals surface area contributed by atoms with Gasteiger partial charge in [-0.3, -0.25) is 0 Å². The van der Waals surface area contributed by atoms with E-state index in [2.05, 4.69) is 112 Å². The van der Waals surface area contributed by atoms with Crippen LogP contribution in [0.4, 0.5) is 0 Å². The second-order valence-corrected chi connectivity index (χ2v) is 12.4. The summed E-state index contributed by atoms with van der Waals surface area (Å²) < 4.78 is 2.45. The van der Waals surface area contributed by atoms with Gasteiger partial charge in [0.25, 0.3) is 0 Å². The highest BCUT2D eigenvalue weighted by Gasteiger charge is 2.21. The fraction of sp³-hybridized carbons (Fsp3) is 0.286. The van der Waals surface area contributed by atoms with Crippen molar-refractivity contribution in [2.75, 3.05) is 0 Å². The first-order valence-electron chi connectivity index (χ1n) is 10.9. The van der Waals surface area contributed by atoms with Gasteiger partial charge in [-0.05, 0) is 69.8 Å². The molecule has 0 spiro atoms. The van der Waals surface area contributed by atoms with Crippen LogP contribution in [0.25, 0.3) is 36.6 Å². The van der Waals surface area contributed by atoms with Crippen molar-refractivity contribution in [2.24, 2.45) is 0 Å². The van der Waals surface area contributed by atoms with E-state index in [9.17, 15) is 0 Å². The van der Waals surface area contributed by atoms with Gasteiger partial charge in [-0.15, -0.1) is 22.7 Å². The van der Waals surface area contributed by atoms with Crippen LogP contribution in [0, 0.1) is 0 Å². The van der Waals surface area contributed by atoms with Gasteiger partial charge < -0.3 is 4.57 Å². The first-order valence-corrected chi connectivity index (χ1v) is 12.6. The van der Waals surface area contributed by atoms with Crippen molar-refractivity contribution in [1.29, 1.82) is 0 Å². The monoisotopic (exact) mass is 443 g/mol. The quantitative estimate of drug-likeness (QED) is 0.256. The minimum Gasteiger partial charge on any atom is -0.301 e. The summed E-state index contributed by atoms with van der Waals surface area (Å²) in [5, 5.41) is 6.12. The second kappa shape index (κ2) is 7.08. The van der Waals surface area contributed by atoms with E-state index in [1.54, 1.807) is 11.3 Å². The molecule has 0 aliphatic rings. The molecule has 0 amide bonds. The molecule has 0 radical (unpaired) electrons. The fourth-order valence-corrected chi connectivity index (χ4v) is 6.06. The Balaban J connectivity index is 1.81. The molecule has 0 fully saturated rings. The summed E-state index contributed by atoms with van der Waals surface area (Å²) in [5.74, 6) is 0. The highest BCUT2D eigenvalue weighted by Crippen LogP contribution is 2.40. The molecule has 0 aliphatic carbocycles. The molecular formula is C28H29NS2. The Morgan fingerprint density at radius 3 is 1.71 bits per heavy atom. The predicted octanol–water partition coefficient (Wildman–Crippen LogP) is 9.17. The molecule has 3 heterocycles. The number of hydrogen-bond acceptors (Lipinski definition) is 2. The largest absolute Gasteiger partial charge is 0.301 e. The highest BCUT2D eigenvalue weighted by atomic mass is 32.1. The van der Waals surface area contributed by atoms with E-state index >= 15 is 0 Å². The number of hydrogen-bond donors (Lipinski definition) is 0. The van der Waals surface area contributed by atoms with Crippen LogP contribution >= 0.6 is 22.7 Å². The van der Waals surface area contributed by atoms with E-state index in [1.807, 2.05) is 11.3 Å². The molecule has 0 aliphatic heterocycles. The molecule has 31 heavy (non-hydrogen) atoms. The van der Waals surface area contributed by atoms with E-state index in [1.165, 1.54) is 47.7 Å². The molecule has 0 saturated carbocycles. The number of benzene rings is 2. The third-order valence-electron chi connectivity index (χ3n) is 6.07. The Morgan fingerprint density at radius 1 is 0.645 bits per heavy atom. The van der Waals surface area contributed by atoms with E-state index in [4.69, 9.17) is 0 Å². The number of thiophene rings is 2.